The molecule has 1 heterocycles. The van der Waals surface area contributed by atoms with Crippen molar-refractivity contribution in [2.75, 3.05) is 18.1 Å². The van der Waals surface area contributed by atoms with Crippen molar-refractivity contribution in [3.8, 4) is 0 Å². The normalized spacial score (nSPS) is 23.1. The summed E-state index contributed by atoms with van der Waals surface area (Å²) in [5.74, 6) is 0.274. The molecule has 1 aromatic carbocycles. The Labute approximate surface area is 122 Å². The van der Waals surface area contributed by atoms with Gasteiger partial charge in [-0.3, -0.25) is 0 Å². The van der Waals surface area contributed by atoms with E-state index in [1.165, 1.54) is 12.1 Å². The molecule has 0 aromatic heterocycles. The topological polar surface area (TPSA) is 46.2 Å². The molecule has 1 saturated heterocycles. The minimum absolute atomic E-state index is 0.0181. The number of benzene rings is 1. The minimum atomic E-state index is -4.39. The third kappa shape index (κ3) is 4.20. The molecule has 3 nitrogen and oxygen atoms in total. The number of halogens is 3. The molecule has 2 atom stereocenters. The molecule has 0 bridgehead atoms. The van der Waals surface area contributed by atoms with Crippen LogP contribution in [0.1, 0.15) is 30.5 Å². The van der Waals surface area contributed by atoms with Crippen LogP contribution in [0.25, 0.3) is 0 Å². The standard InChI is InChI=1S/C14H18F3NO2S/c1-10(18-8-11-6-7-21(19,20)9-11)12-4-2-3-5-13(12)14(15,16)17/h2-5,10-11,18H,6-9H2,1H3. The first-order valence-electron chi connectivity index (χ1n) is 6.79. The van der Waals surface area contributed by atoms with Gasteiger partial charge >= 0.3 is 6.18 Å². The zero-order chi connectivity index (χ0) is 15.7. The largest absolute Gasteiger partial charge is 0.416 e. The van der Waals surface area contributed by atoms with E-state index >= 15 is 0 Å². The van der Waals surface area contributed by atoms with Gasteiger partial charge in [0.25, 0.3) is 0 Å². The van der Waals surface area contributed by atoms with E-state index in [-0.39, 0.29) is 23.0 Å². The highest BCUT2D eigenvalue weighted by Crippen LogP contribution is 2.34. The van der Waals surface area contributed by atoms with Gasteiger partial charge in [-0.25, -0.2) is 8.42 Å². The van der Waals surface area contributed by atoms with Gasteiger partial charge < -0.3 is 5.32 Å². The summed E-state index contributed by atoms with van der Waals surface area (Å²) in [6, 6.07) is 4.97. The maximum atomic E-state index is 12.9. The summed E-state index contributed by atoms with van der Waals surface area (Å²) in [6.45, 7) is 2.07. The summed E-state index contributed by atoms with van der Waals surface area (Å²) in [4.78, 5) is 0. The lowest BCUT2D eigenvalue weighted by atomic mass is 10.00. The van der Waals surface area contributed by atoms with E-state index in [1.807, 2.05) is 0 Å². The van der Waals surface area contributed by atoms with Crippen LogP contribution in [-0.2, 0) is 16.0 Å². The Kier molecular flexibility index (Phi) is 4.63. The van der Waals surface area contributed by atoms with Crippen molar-refractivity contribution in [1.82, 2.24) is 5.32 Å². The minimum Gasteiger partial charge on any atom is -0.310 e. The van der Waals surface area contributed by atoms with Crippen LogP contribution >= 0.6 is 0 Å². The quantitative estimate of drug-likeness (QED) is 0.927. The van der Waals surface area contributed by atoms with Crippen LogP contribution in [0, 0.1) is 5.92 Å². The third-order valence-electron chi connectivity index (χ3n) is 3.77. The summed E-state index contributed by atoms with van der Waals surface area (Å²) in [5, 5.41) is 3.03. The number of hydrogen-bond donors (Lipinski definition) is 1. The van der Waals surface area contributed by atoms with Crippen LogP contribution in [0.15, 0.2) is 24.3 Å². The lowest BCUT2D eigenvalue weighted by Gasteiger charge is -2.21. The van der Waals surface area contributed by atoms with Crippen LogP contribution in [0.5, 0.6) is 0 Å². The Morgan fingerprint density at radius 3 is 2.57 bits per heavy atom. The molecule has 2 rings (SSSR count). The molecule has 0 amide bonds. The summed E-state index contributed by atoms with van der Waals surface area (Å²) in [6.07, 6.45) is -3.81. The molecule has 0 radical (unpaired) electrons. The predicted octanol–water partition coefficient (Wildman–Crippen LogP) is 2.79. The second kappa shape index (κ2) is 5.96. The number of rotatable bonds is 4. The number of hydrogen-bond acceptors (Lipinski definition) is 3. The van der Waals surface area contributed by atoms with Crippen LogP contribution in [0.3, 0.4) is 0 Å². The molecule has 1 aromatic rings. The summed E-state index contributed by atoms with van der Waals surface area (Å²) in [5.41, 5.74) is -0.463. The van der Waals surface area contributed by atoms with Crippen LogP contribution in [-0.4, -0.2) is 26.5 Å². The van der Waals surface area contributed by atoms with Gasteiger partial charge in [0.2, 0.25) is 0 Å². The third-order valence-corrected chi connectivity index (χ3v) is 5.61. The Hall–Kier alpha value is -1.08. The highest BCUT2D eigenvalue weighted by Gasteiger charge is 2.34. The van der Waals surface area contributed by atoms with Crippen molar-refractivity contribution in [2.45, 2.75) is 25.6 Å². The lowest BCUT2D eigenvalue weighted by Crippen LogP contribution is -2.28. The van der Waals surface area contributed by atoms with Gasteiger partial charge in [-0.2, -0.15) is 13.2 Å². The van der Waals surface area contributed by atoms with Gasteiger partial charge in [-0.05, 0) is 37.4 Å². The highest BCUT2D eigenvalue weighted by atomic mass is 32.2. The zero-order valence-corrected chi connectivity index (χ0v) is 12.5. The van der Waals surface area contributed by atoms with Crippen molar-refractivity contribution in [3.05, 3.63) is 35.4 Å². The van der Waals surface area contributed by atoms with Gasteiger partial charge in [0.05, 0.1) is 17.1 Å². The van der Waals surface area contributed by atoms with Gasteiger partial charge in [0.1, 0.15) is 0 Å². The highest BCUT2D eigenvalue weighted by molar-refractivity contribution is 7.91. The van der Waals surface area contributed by atoms with E-state index < -0.39 is 27.6 Å². The van der Waals surface area contributed by atoms with Crippen LogP contribution in [0.4, 0.5) is 13.2 Å². The summed E-state index contributed by atoms with van der Waals surface area (Å²) < 4.78 is 61.6. The molecule has 0 spiro atoms. The average molecular weight is 321 g/mol. The van der Waals surface area contributed by atoms with Crippen LogP contribution < -0.4 is 5.32 Å². The maximum Gasteiger partial charge on any atom is 0.416 e. The molecule has 1 fully saturated rings. The Morgan fingerprint density at radius 1 is 1.33 bits per heavy atom. The van der Waals surface area contributed by atoms with Gasteiger partial charge in [-0.1, -0.05) is 18.2 Å². The molecule has 0 aliphatic carbocycles. The summed E-state index contributed by atoms with van der Waals surface area (Å²) >= 11 is 0. The molecular weight excluding hydrogens is 303 g/mol. The van der Waals surface area contributed by atoms with E-state index in [4.69, 9.17) is 0 Å². The number of sulfone groups is 1. The van der Waals surface area contributed by atoms with E-state index in [9.17, 15) is 21.6 Å². The first-order chi connectivity index (χ1) is 9.69. The summed E-state index contributed by atoms with van der Waals surface area (Å²) in [7, 11) is -2.96. The van der Waals surface area contributed by atoms with Crippen molar-refractivity contribution < 1.29 is 21.6 Å². The first-order valence-corrected chi connectivity index (χ1v) is 8.61. The monoisotopic (exact) mass is 321 g/mol. The molecule has 2 unspecified atom stereocenters. The Morgan fingerprint density at radius 2 is 2.00 bits per heavy atom. The molecular formula is C14H18F3NO2S. The molecule has 7 heteroatoms. The second-order valence-corrected chi connectivity index (χ2v) is 7.71. The van der Waals surface area contributed by atoms with E-state index in [1.54, 1.807) is 13.0 Å². The molecule has 1 aliphatic rings. The fraction of sp³-hybridized carbons (Fsp3) is 0.571. The zero-order valence-electron chi connectivity index (χ0n) is 11.7. The smallest absolute Gasteiger partial charge is 0.310 e. The van der Waals surface area contributed by atoms with E-state index in [0.717, 1.165) is 6.07 Å². The van der Waals surface area contributed by atoms with Gasteiger partial charge in [0.15, 0.2) is 9.84 Å². The molecule has 1 aliphatic heterocycles. The van der Waals surface area contributed by atoms with E-state index in [0.29, 0.717) is 13.0 Å². The second-order valence-electron chi connectivity index (χ2n) is 5.48. The molecule has 0 saturated carbocycles. The average Bonchev–Trinajstić information content (AvgIpc) is 2.74. The van der Waals surface area contributed by atoms with Crippen molar-refractivity contribution in [2.24, 2.45) is 5.92 Å². The SMILES string of the molecule is CC(NCC1CCS(=O)(=O)C1)c1ccccc1C(F)(F)F. The Balaban J connectivity index is 2.03. The maximum absolute atomic E-state index is 12.9. The lowest BCUT2D eigenvalue weighted by molar-refractivity contribution is -0.138. The van der Waals surface area contributed by atoms with E-state index in [2.05, 4.69) is 5.32 Å². The molecule has 1 N–H and O–H groups in total. The number of nitrogens with one attached hydrogen (secondary N) is 1. The van der Waals surface area contributed by atoms with Crippen molar-refractivity contribution >= 4 is 9.84 Å². The molecule has 118 valence electrons. The van der Waals surface area contributed by atoms with Crippen molar-refractivity contribution in [3.63, 3.8) is 0 Å². The van der Waals surface area contributed by atoms with Crippen LogP contribution in [0.2, 0.25) is 0 Å². The predicted molar refractivity (Wildman–Crippen MR) is 74.6 cm³/mol. The fourth-order valence-electron chi connectivity index (χ4n) is 2.62. The number of alkyl halides is 3. The van der Waals surface area contributed by atoms with Gasteiger partial charge in [0, 0.05) is 6.04 Å². The van der Waals surface area contributed by atoms with Crippen molar-refractivity contribution in [1.29, 1.82) is 0 Å². The first kappa shape index (κ1) is 16.3. The van der Waals surface area contributed by atoms with Gasteiger partial charge in [-0.15, -0.1) is 0 Å². The molecule has 21 heavy (non-hydrogen) atoms. The fourth-order valence-corrected chi connectivity index (χ4v) is 4.48. The Bertz CT molecular complexity index is 598.